The summed E-state index contributed by atoms with van der Waals surface area (Å²) in [6.45, 7) is 1.89. The van der Waals surface area contributed by atoms with Crippen LogP contribution in [-0.2, 0) is 9.59 Å². The van der Waals surface area contributed by atoms with Crippen LogP contribution in [0.1, 0.15) is 24.9 Å². The molecule has 110 valence electrons. The molecule has 1 saturated carbocycles. The summed E-state index contributed by atoms with van der Waals surface area (Å²) in [5.41, 5.74) is 0.962. The fourth-order valence-corrected chi connectivity index (χ4v) is 3.56. The average Bonchev–Trinajstić information content (AvgIpc) is 3.08. The molecular formula is C16H18N2O3. The number of aliphatic carboxylic acids is 1. The van der Waals surface area contributed by atoms with Crippen LogP contribution >= 0.6 is 0 Å². The van der Waals surface area contributed by atoms with E-state index < -0.39 is 17.8 Å². The summed E-state index contributed by atoms with van der Waals surface area (Å²) in [5, 5.41) is 12.3. The quantitative estimate of drug-likeness (QED) is 0.827. The van der Waals surface area contributed by atoms with Crippen molar-refractivity contribution in [2.45, 2.75) is 19.4 Å². The molecule has 1 amide bonds. The number of carbonyl (C=O) groups excluding carboxylic acids is 1. The highest BCUT2D eigenvalue weighted by molar-refractivity contribution is 5.87. The van der Waals surface area contributed by atoms with E-state index >= 15 is 0 Å². The molecular weight excluding hydrogens is 268 g/mol. The molecule has 1 aromatic heterocycles. The van der Waals surface area contributed by atoms with Crippen LogP contribution in [0.4, 0.5) is 0 Å². The number of carbonyl (C=O) groups is 2. The van der Waals surface area contributed by atoms with Gasteiger partial charge in [0.15, 0.2) is 0 Å². The standard InChI is InChI=1S/C16H18N2O3/c1-9(10-4-6-17-7-5-10)18-15(19)13-11-2-3-12(8-11)14(13)16(20)21/h2-7,9,11-14H,8H2,1H3,(H,18,19)(H,20,21)/t9-,11+,12+,13+,14+/m1/s1. The van der Waals surface area contributed by atoms with Gasteiger partial charge in [-0.15, -0.1) is 0 Å². The monoisotopic (exact) mass is 286 g/mol. The van der Waals surface area contributed by atoms with Gasteiger partial charge in [-0.05, 0) is 42.9 Å². The molecule has 0 unspecified atom stereocenters. The fraction of sp³-hybridized carbons (Fsp3) is 0.438. The molecule has 3 rings (SSSR count). The lowest BCUT2D eigenvalue weighted by molar-refractivity contribution is -0.148. The largest absolute Gasteiger partial charge is 0.481 e. The number of hydrogen-bond donors (Lipinski definition) is 2. The number of aromatic nitrogens is 1. The lowest BCUT2D eigenvalue weighted by Gasteiger charge is -2.25. The van der Waals surface area contributed by atoms with Gasteiger partial charge in [-0.3, -0.25) is 14.6 Å². The molecule has 5 atom stereocenters. The Balaban J connectivity index is 1.73. The molecule has 2 bridgehead atoms. The third kappa shape index (κ3) is 2.44. The van der Waals surface area contributed by atoms with Crippen molar-refractivity contribution < 1.29 is 14.7 Å². The van der Waals surface area contributed by atoms with Crippen LogP contribution in [-0.4, -0.2) is 22.0 Å². The Morgan fingerprint density at radius 3 is 2.48 bits per heavy atom. The van der Waals surface area contributed by atoms with E-state index in [1.807, 2.05) is 31.2 Å². The highest BCUT2D eigenvalue weighted by atomic mass is 16.4. The Labute approximate surface area is 123 Å². The first kappa shape index (κ1) is 13.8. The second-order valence-electron chi connectivity index (χ2n) is 5.85. The summed E-state index contributed by atoms with van der Waals surface area (Å²) in [6, 6.07) is 3.54. The number of hydrogen-bond acceptors (Lipinski definition) is 3. The number of allylic oxidation sites excluding steroid dienone is 2. The zero-order valence-electron chi connectivity index (χ0n) is 11.8. The topological polar surface area (TPSA) is 79.3 Å². The van der Waals surface area contributed by atoms with Crippen molar-refractivity contribution in [1.29, 1.82) is 0 Å². The molecule has 1 aromatic rings. The van der Waals surface area contributed by atoms with Crippen LogP contribution in [0.15, 0.2) is 36.7 Å². The van der Waals surface area contributed by atoms with E-state index in [1.54, 1.807) is 12.4 Å². The van der Waals surface area contributed by atoms with Crippen molar-refractivity contribution >= 4 is 11.9 Å². The number of nitrogens with zero attached hydrogens (tertiary/aromatic N) is 1. The highest BCUT2D eigenvalue weighted by Gasteiger charge is 2.51. The van der Waals surface area contributed by atoms with Gasteiger partial charge < -0.3 is 10.4 Å². The molecule has 0 aliphatic heterocycles. The van der Waals surface area contributed by atoms with Crippen LogP contribution in [0.3, 0.4) is 0 Å². The maximum absolute atomic E-state index is 12.5. The van der Waals surface area contributed by atoms with Crippen molar-refractivity contribution in [3.05, 3.63) is 42.2 Å². The van der Waals surface area contributed by atoms with E-state index in [0.717, 1.165) is 12.0 Å². The molecule has 21 heavy (non-hydrogen) atoms. The summed E-state index contributed by atoms with van der Waals surface area (Å²) < 4.78 is 0. The first-order valence-electron chi connectivity index (χ1n) is 7.19. The Morgan fingerprint density at radius 2 is 1.86 bits per heavy atom. The van der Waals surface area contributed by atoms with E-state index in [0.29, 0.717) is 0 Å². The van der Waals surface area contributed by atoms with Gasteiger partial charge >= 0.3 is 5.97 Å². The Kier molecular flexibility index (Phi) is 3.49. The molecule has 0 saturated heterocycles. The molecule has 0 radical (unpaired) electrons. The lowest BCUT2D eigenvalue weighted by Crippen LogP contribution is -2.41. The molecule has 1 heterocycles. The normalized spacial score (nSPS) is 31.1. The van der Waals surface area contributed by atoms with E-state index in [-0.39, 0.29) is 23.8 Å². The summed E-state index contributed by atoms with van der Waals surface area (Å²) in [7, 11) is 0. The van der Waals surface area contributed by atoms with E-state index in [4.69, 9.17) is 0 Å². The number of fused-ring (bicyclic) bond motifs is 2. The van der Waals surface area contributed by atoms with E-state index in [9.17, 15) is 14.7 Å². The molecule has 5 heteroatoms. The number of carboxylic acid groups (broad SMARTS) is 1. The molecule has 2 N–H and O–H groups in total. The third-order valence-electron chi connectivity index (χ3n) is 4.61. The Hall–Kier alpha value is -2.17. The van der Waals surface area contributed by atoms with Gasteiger partial charge in [-0.25, -0.2) is 0 Å². The van der Waals surface area contributed by atoms with Crippen molar-refractivity contribution in [3.63, 3.8) is 0 Å². The predicted molar refractivity (Wildman–Crippen MR) is 76.1 cm³/mol. The van der Waals surface area contributed by atoms with Crippen LogP contribution < -0.4 is 5.32 Å². The van der Waals surface area contributed by atoms with Crippen molar-refractivity contribution in [2.24, 2.45) is 23.7 Å². The summed E-state index contributed by atoms with van der Waals surface area (Å²) in [5.74, 6) is -2.03. The van der Waals surface area contributed by atoms with Gasteiger partial charge in [0.05, 0.1) is 17.9 Å². The molecule has 0 spiro atoms. The SMILES string of the molecule is C[C@@H](NC(=O)[C@@H]1[C@@H](C(=O)O)[C@H]2C=C[C@H]1C2)c1ccncc1. The molecule has 2 aliphatic rings. The van der Waals surface area contributed by atoms with Crippen LogP contribution in [0.25, 0.3) is 0 Å². The number of amides is 1. The molecule has 5 nitrogen and oxygen atoms in total. The van der Waals surface area contributed by atoms with Gasteiger partial charge in [0.2, 0.25) is 5.91 Å². The predicted octanol–water partition coefficient (Wildman–Crippen LogP) is 1.78. The summed E-state index contributed by atoms with van der Waals surface area (Å²) >= 11 is 0. The van der Waals surface area contributed by atoms with Gasteiger partial charge in [0.25, 0.3) is 0 Å². The van der Waals surface area contributed by atoms with Gasteiger partial charge in [0, 0.05) is 12.4 Å². The minimum Gasteiger partial charge on any atom is -0.481 e. The zero-order valence-corrected chi connectivity index (χ0v) is 11.8. The Morgan fingerprint density at radius 1 is 1.24 bits per heavy atom. The van der Waals surface area contributed by atoms with Gasteiger partial charge in [0.1, 0.15) is 0 Å². The van der Waals surface area contributed by atoms with Crippen molar-refractivity contribution in [1.82, 2.24) is 10.3 Å². The maximum Gasteiger partial charge on any atom is 0.307 e. The van der Waals surface area contributed by atoms with Gasteiger partial charge in [-0.2, -0.15) is 0 Å². The summed E-state index contributed by atoms with van der Waals surface area (Å²) in [6.07, 6.45) is 8.07. The van der Waals surface area contributed by atoms with Crippen molar-refractivity contribution in [3.8, 4) is 0 Å². The van der Waals surface area contributed by atoms with Crippen LogP contribution in [0.2, 0.25) is 0 Å². The molecule has 2 aliphatic carbocycles. The summed E-state index contributed by atoms with van der Waals surface area (Å²) in [4.78, 5) is 27.9. The Bertz CT molecular complexity index is 584. The second kappa shape index (κ2) is 5.31. The number of carboxylic acids is 1. The number of pyridine rings is 1. The van der Waals surface area contributed by atoms with Crippen molar-refractivity contribution in [2.75, 3.05) is 0 Å². The van der Waals surface area contributed by atoms with Crippen LogP contribution in [0.5, 0.6) is 0 Å². The smallest absolute Gasteiger partial charge is 0.307 e. The van der Waals surface area contributed by atoms with Gasteiger partial charge in [-0.1, -0.05) is 12.2 Å². The van der Waals surface area contributed by atoms with Crippen LogP contribution in [0, 0.1) is 23.7 Å². The average molecular weight is 286 g/mol. The lowest BCUT2D eigenvalue weighted by atomic mass is 9.82. The molecule has 1 fully saturated rings. The van der Waals surface area contributed by atoms with E-state index in [1.165, 1.54) is 0 Å². The second-order valence-corrected chi connectivity index (χ2v) is 5.85. The minimum absolute atomic E-state index is 0.000480. The van der Waals surface area contributed by atoms with E-state index in [2.05, 4.69) is 10.3 Å². The minimum atomic E-state index is -0.872. The highest BCUT2D eigenvalue weighted by Crippen LogP contribution is 2.48. The first-order chi connectivity index (χ1) is 10.1. The molecule has 0 aromatic carbocycles. The third-order valence-corrected chi connectivity index (χ3v) is 4.61. The number of rotatable bonds is 4. The number of nitrogens with one attached hydrogen (secondary N) is 1. The fourth-order valence-electron chi connectivity index (χ4n) is 3.56. The maximum atomic E-state index is 12.5. The first-order valence-corrected chi connectivity index (χ1v) is 7.19. The zero-order chi connectivity index (χ0) is 15.0.